The molecule has 0 atom stereocenters. The molecule has 0 aliphatic rings. The van der Waals surface area contributed by atoms with Crippen LogP contribution in [0.3, 0.4) is 0 Å². The Morgan fingerprint density at radius 3 is 1.84 bits per heavy atom. The topological polar surface area (TPSA) is 15.6 Å². The van der Waals surface area contributed by atoms with Crippen LogP contribution >= 0.6 is 0 Å². The Labute approximate surface area is 200 Å². The van der Waals surface area contributed by atoms with E-state index in [1.54, 1.807) is 0 Å². The summed E-state index contributed by atoms with van der Waals surface area (Å²) in [5.41, 5.74) is 5.75. The van der Waals surface area contributed by atoms with Crippen LogP contribution in [0.5, 0.6) is 0 Å². The first kappa shape index (κ1) is 28.6. The molecular weight excluding hydrogens is 543 g/mol. The molecule has 31 heavy (non-hydrogen) atoms. The van der Waals surface area contributed by atoms with Gasteiger partial charge in [-0.15, -0.1) is 0 Å². The van der Waals surface area contributed by atoms with Crippen LogP contribution in [-0.4, -0.2) is 17.8 Å². The van der Waals surface area contributed by atoms with Gasteiger partial charge in [-0.1, -0.05) is 0 Å². The SMILES string of the molecule is CCCCCCCC/N=C(\C)C(C)(C)[N](c1c(C(C)C)cccc1C(C)C)[Hf]([CH3])([CH3])[CH3]. The molecule has 0 aromatic heterocycles. The monoisotopic (exact) mass is 596 g/mol. The van der Waals surface area contributed by atoms with Crippen molar-refractivity contribution in [3.63, 3.8) is 0 Å². The van der Waals surface area contributed by atoms with E-state index >= 15 is 0 Å². The van der Waals surface area contributed by atoms with Crippen molar-refractivity contribution in [2.45, 2.75) is 125 Å². The Morgan fingerprint density at radius 2 is 1.39 bits per heavy atom. The van der Waals surface area contributed by atoms with E-state index in [-0.39, 0.29) is 5.54 Å². The van der Waals surface area contributed by atoms with E-state index in [0.717, 1.165) is 6.54 Å². The van der Waals surface area contributed by atoms with Gasteiger partial charge in [-0.05, 0) is 0 Å². The number of hydrogen-bond acceptors (Lipinski definition) is 2. The van der Waals surface area contributed by atoms with E-state index in [0.29, 0.717) is 11.8 Å². The Kier molecular flexibility index (Phi) is 11.7. The van der Waals surface area contributed by atoms with E-state index in [1.807, 2.05) is 0 Å². The van der Waals surface area contributed by atoms with Crippen molar-refractivity contribution in [2.75, 3.05) is 9.43 Å². The Morgan fingerprint density at radius 1 is 0.903 bits per heavy atom. The molecule has 0 radical (unpaired) electrons. The van der Waals surface area contributed by atoms with Crippen LogP contribution in [-0.2, 0) is 20.3 Å². The second-order valence-electron chi connectivity index (χ2n) is 11.4. The molecule has 0 saturated carbocycles. The second-order valence-corrected chi connectivity index (χ2v) is 28.6. The molecule has 0 bridgehead atoms. The molecule has 0 heterocycles. The summed E-state index contributed by atoms with van der Waals surface area (Å²) in [6.45, 7) is 19.7. The van der Waals surface area contributed by atoms with Gasteiger partial charge in [-0.2, -0.15) is 0 Å². The molecule has 0 unspecified atom stereocenters. The standard InChI is InChI=1S/C25H43N2.3CH3.Hf/c1-9-10-11-12-13-14-18-26-21(6)25(7,8)27-24-22(19(2)3)16-15-17-23(24)20(4)5;;;;/h15-17,19-20H,9-14,18H2,1-8H3;3*1H3;/q-1;;;;+1/b26-21+;;;;. The third-order valence-electron chi connectivity index (χ3n) is 6.54. The van der Waals surface area contributed by atoms with Gasteiger partial charge < -0.3 is 0 Å². The molecule has 0 saturated heterocycles. The molecule has 1 aromatic rings. The average Bonchev–Trinajstić information content (AvgIpc) is 2.65. The van der Waals surface area contributed by atoms with Crippen molar-refractivity contribution < 1.29 is 20.3 Å². The zero-order valence-electron chi connectivity index (χ0n) is 22.7. The van der Waals surface area contributed by atoms with Crippen LogP contribution < -0.4 is 2.89 Å². The van der Waals surface area contributed by atoms with Gasteiger partial charge in [0, 0.05) is 0 Å². The fourth-order valence-corrected chi connectivity index (χ4v) is 14.7. The number of anilines is 1. The summed E-state index contributed by atoms with van der Waals surface area (Å²) in [4.78, 5) is 5.13. The number of rotatable bonds is 13. The maximum absolute atomic E-state index is 5.13. The summed E-state index contributed by atoms with van der Waals surface area (Å²) in [5.74, 6) is 1.03. The minimum atomic E-state index is -2.70. The summed E-state index contributed by atoms with van der Waals surface area (Å²) in [6.07, 6.45) is 7.95. The quantitative estimate of drug-likeness (QED) is 0.126. The van der Waals surface area contributed by atoms with E-state index in [2.05, 4.69) is 90.5 Å². The minimum absolute atomic E-state index is 0.0589. The van der Waals surface area contributed by atoms with Crippen molar-refractivity contribution in [3.8, 4) is 0 Å². The predicted molar refractivity (Wildman–Crippen MR) is 140 cm³/mol. The number of hydrogen-bond donors (Lipinski definition) is 0. The van der Waals surface area contributed by atoms with Gasteiger partial charge in [-0.3, -0.25) is 0 Å². The first-order chi connectivity index (χ1) is 14.4. The number of benzene rings is 1. The Hall–Kier alpha value is -0.440. The maximum atomic E-state index is 5.13. The fourth-order valence-electron chi connectivity index (χ4n) is 4.72. The molecule has 1 aromatic carbocycles. The van der Waals surface area contributed by atoms with Crippen LogP contribution in [0.25, 0.3) is 0 Å². The van der Waals surface area contributed by atoms with E-state index in [4.69, 9.17) is 4.99 Å². The third-order valence-corrected chi connectivity index (χ3v) is 14.2. The zero-order chi connectivity index (χ0) is 23.8. The number of nitrogens with zero attached hydrogens (tertiary/aromatic N) is 2. The van der Waals surface area contributed by atoms with Crippen molar-refractivity contribution in [3.05, 3.63) is 29.3 Å². The van der Waals surface area contributed by atoms with Crippen molar-refractivity contribution >= 4 is 11.4 Å². The van der Waals surface area contributed by atoms with Gasteiger partial charge in [0.2, 0.25) is 0 Å². The molecule has 0 spiro atoms. The van der Waals surface area contributed by atoms with Gasteiger partial charge in [-0.25, -0.2) is 0 Å². The normalized spacial score (nSPS) is 13.4. The second kappa shape index (κ2) is 12.7. The molecule has 0 amide bonds. The van der Waals surface area contributed by atoms with Gasteiger partial charge in [0.25, 0.3) is 0 Å². The van der Waals surface area contributed by atoms with Crippen LogP contribution in [0.2, 0.25) is 14.0 Å². The average molecular weight is 595 g/mol. The van der Waals surface area contributed by atoms with Crippen LogP contribution in [0.4, 0.5) is 5.69 Å². The van der Waals surface area contributed by atoms with Crippen molar-refractivity contribution in [1.29, 1.82) is 0 Å². The van der Waals surface area contributed by atoms with E-state index in [9.17, 15) is 0 Å². The molecule has 0 aliphatic carbocycles. The first-order valence-corrected chi connectivity index (χ1v) is 25.2. The van der Waals surface area contributed by atoms with Crippen molar-refractivity contribution in [2.24, 2.45) is 4.99 Å². The number of unbranched alkanes of at least 4 members (excludes halogenated alkanes) is 5. The molecular formula is C28H52HfN2. The summed E-state index contributed by atoms with van der Waals surface area (Å²) in [5, 5.41) is 0. The van der Waals surface area contributed by atoms with E-state index in [1.165, 1.54) is 61.1 Å². The molecule has 178 valence electrons. The zero-order valence-corrected chi connectivity index (χ0v) is 26.3. The van der Waals surface area contributed by atoms with E-state index < -0.39 is 20.3 Å². The van der Waals surface area contributed by atoms with Gasteiger partial charge >= 0.3 is 201 Å². The summed E-state index contributed by atoms with van der Waals surface area (Å²) < 4.78 is 10.6. The molecule has 2 nitrogen and oxygen atoms in total. The summed E-state index contributed by atoms with van der Waals surface area (Å²) >= 11 is -2.70. The number of para-hydroxylation sites is 1. The Bertz CT molecular complexity index is 669. The van der Waals surface area contributed by atoms with Crippen molar-refractivity contribution in [1.82, 2.24) is 0 Å². The molecule has 3 heteroatoms. The fraction of sp³-hybridized carbons (Fsp3) is 0.750. The van der Waals surface area contributed by atoms with Gasteiger partial charge in [0.1, 0.15) is 0 Å². The summed E-state index contributed by atoms with van der Waals surface area (Å²) in [7, 11) is 0. The molecule has 0 aliphatic heterocycles. The van der Waals surface area contributed by atoms with Crippen LogP contribution in [0.15, 0.2) is 23.2 Å². The molecule has 0 fully saturated rings. The van der Waals surface area contributed by atoms with Gasteiger partial charge in [0.15, 0.2) is 0 Å². The first-order valence-electron chi connectivity index (χ1n) is 12.8. The van der Waals surface area contributed by atoms with Gasteiger partial charge in [0.05, 0.1) is 0 Å². The Balaban J connectivity index is 3.30. The summed E-state index contributed by atoms with van der Waals surface area (Å²) in [6, 6.07) is 6.98. The molecule has 0 N–H and O–H groups in total. The predicted octanol–water partition coefficient (Wildman–Crippen LogP) is 9.55. The molecule has 1 rings (SSSR count). The van der Waals surface area contributed by atoms with Crippen LogP contribution in [0.1, 0.15) is 117 Å². The third kappa shape index (κ3) is 8.13. The number of aliphatic imine (C=N–C) groups is 1. The van der Waals surface area contributed by atoms with Crippen LogP contribution in [0, 0.1) is 0 Å².